The van der Waals surface area contributed by atoms with Gasteiger partial charge in [-0.15, -0.1) is 0 Å². The lowest BCUT2D eigenvalue weighted by atomic mass is 9.92. The van der Waals surface area contributed by atoms with Crippen LogP contribution in [0.2, 0.25) is 0 Å². The molecule has 0 saturated carbocycles. The zero-order valence-electron chi connectivity index (χ0n) is 10.3. The Morgan fingerprint density at radius 3 is 2.63 bits per heavy atom. The van der Waals surface area contributed by atoms with E-state index in [-0.39, 0.29) is 18.9 Å². The SMILES string of the molecule is O=C(O)CC(Cc1nc(CO)co1)c1ccccc1. The van der Waals surface area contributed by atoms with Crippen LogP contribution in [0.25, 0.3) is 0 Å². The molecule has 19 heavy (non-hydrogen) atoms. The highest BCUT2D eigenvalue weighted by molar-refractivity contribution is 5.68. The van der Waals surface area contributed by atoms with Crippen LogP contribution in [-0.4, -0.2) is 21.2 Å². The van der Waals surface area contributed by atoms with Gasteiger partial charge in [0.05, 0.1) is 13.0 Å². The molecular weight excluding hydrogens is 246 g/mol. The summed E-state index contributed by atoms with van der Waals surface area (Å²) >= 11 is 0. The Bertz CT molecular complexity index is 535. The second-order valence-electron chi connectivity index (χ2n) is 4.30. The fraction of sp³-hybridized carbons (Fsp3) is 0.286. The topological polar surface area (TPSA) is 83.6 Å². The van der Waals surface area contributed by atoms with Crippen molar-refractivity contribution in [2.24, 2.45) is 0 Å². The Morgan fingerprint density at radius 1 is 1.32 bits per heavy atom. The molecule has 1 aromatic carbocycles. The van der Waals surface area contributed by atoms with E-state index < -0.39 is 5.97 Å². The number of aliphatic hydroxyl groups is 1. The number of benzene rings is 1. The standard InChI is InChI=1S/C14H15NO4/c16-8-12-9-19-13(15-12)6-11(7-14(17)18)10-4-2-1-3-5-10/h1-5,9,11,16H,6-8H2,(H,17,18). The van der Waals surface area contributed by atoms with Crippen LogP contribution in [0.3, 0.4) is 0 Å². The predicted molar refractivity (Wildman–Crippen MR) is 67.6 cm³/mol. The number of hydrogen-bond acceptors (Lipinski definition) is 4. The third-order valence-corrected chi connectivity index (χ3v) is 2.87. The fourth-order valence-corrected chi connectivity index (χ4v) is 1.97. The normalized spacial score (nSPS) is 12.3. The number of hydrogen-bond donors (Lipinski definition) is 2. The predicted octanol–water partition coefficient (Wildman–Crippen LogP) is 1.97. The van der Waals surface area contributed by atoms with E-state index in [1.54, 1.807) is 0 Å². The van der Waals surface area contributed by atoms with Gasteiger partial charge in [-0.1, -0.05) is 30.3 Å². The number of aromatic nitrogens is 1. The number of aliphatic hydroxyl groups excluding tert-OH is 1. The first kappa shape index (κ1) is 13.3. The van der Waals surface area contributed by atoms with E-state index >= 15 is 0 Å². The van der Waals surface area contributed by atoms with E-state index in [2.05, 4.69) is 4.98 Å². The van der Waals surface area contributed by atoms with Crippen LogP contribution < -0.4 is 0 Å². The Balaban J connectivity index is 2.16. The lowest BCUT2D eigenvalue weighted by Crippen LogP contribution is -2.09. The second-order valence-corrected chi connectivity index (χ2v) is 4.30. The van der Waals surface area contributed by atoms with Crippen LogP contribution in [0.5, 0.6) is 0 Å². The van der Waals surface area contributed by atoms with Crippen LogP contribution in [-0.2, 0) is 17.8 Å². The van der Waals surface area contributed by atoms with Crippen molar-refractivity contribution < 1.29 is 19.4 Å². The molecule has 1 aromatic heterocycles. The number of aliphatic carboxylic acids is 1. The summed E-state index contributed by atoms with van der Waals surface area (Å²) in [7, 11) is 0. The molecule has 1 unspecified atom stereocenters. The summed E-state index contributed by atoms with van der Waals surface area (Å²) in [4.78, 5) is 15.0. The van der Waals surface area contributed by atoms with Gasteiger partial charge in [0.1, 0.15) is 12.0 Å². The molecule has 5 nitrogen and oxygen atoms in total. The first-order valence-electron chi connectivity index (χ1n) is 6.00. The molecule has 1 heterocycles. The molecule has 2 aromatic rings. The minimum atomic E-state index is -0.859. The maximum atomic E-state index is 10.9. The molecule has 100 valence electrons. The van der Waals surface area contributed by atoms with Crippen molar-refractivity contribution >= 4 is 5.97 Å². The number of carboxylic acids is 1. The summed E-state index contributed by atoms with van der Waals surface area (Å²) in [6.45, 7) is -0.182. The van der Waals surface area contributed by atoms with E-state index in [9.17, 15) is 4.79 Å². The third-order valence-electron chi connectivity index (χ3n) is 2.87. The summed E-state index contributed by atoms with van der Waals surface area (Å²) in [5.74, 6) is -0.606. The summed E-state index contributed by atoms with van der Waals surface area (Å²) in [6, 6.07) is 9.42. The number of carbonyl (C=O) groups is 1. The van der Waals surface area contributed by atoms with Crippen LogP contribution in [0, 0.1) is 0 Å². The van der Waals surface area contributed by atoms with E-state index in [1.165, 1.54) is 6.26 Å². The lowest BCUT2D eigenvalue weighted by molar-refractivity contribution is -0.137. The van der Waals surface area contributed by atoms with E-state index in [4.69, 9.17) is 14.6 Å². The molecule has 5 heteroatoms. The molecule has 0 fully saturated rings. The highest BCUT2D eigenvalue weighted by atomic mass is 16.4. The highest BCUT2D eigenvalue weighted by Crippen LogP contribution is 2.24. The second kappa shape index (κ2) is 6.15. The van der Waals surface area contributed by atoms with Gasteiger partial charge in [0.25, 0.3) is 0 Å². The quantitative estimate of drug-likeness (QED) is 0.830. The Morgan fingerprint density at radius 2 is 2.05 bits per heavy atom. The molecule has 0 saturated heterocycles. The maximum Gasteiger partial charge on any atom is 0.303 e. The Kier molecular flexibility index (Phi) is 4.30. The molecule has 2 N–H and O–H groups in total. The van der Waals surface area contributed by atoms with Gasteiger partial charge in [-0.2, -0.15) is 0 Å². The molecule has 2 rings (SSSR count). The largest absolute Gasteiger partial charge is 0.481 e. The number of nitrogens with zero attached hydrogens (tertiary/aromatic N) is 1. The van der Waals surface area contributed by atoms with E-state index in [0.29, 0.717) is 18.0 Å². The third kappa shape index (κ3) is 3.66. The molecule has 0 aliphatic carbocycles. The van der Waals surface area contributed by atoms with Gasteiger partial charge < -0.3 is 14.6 Å². The van der Waals surface area contributed by atoms with Crippen molar-refractivity contribution in [1.29, 1.82) is 0 Å². The van der Waals surface area contributed by atoms with Gasteiger partial charge in [-0.25, -0.2) is 4.98 Å². The fourth-order valence-electron chi connectivity index (χ4n) is 1.97. The first-order valence-corrected chi connectivity index (χ1v) is 6.00. The van der Waals surface area contributed by atoms with Crippen molar-refractivity contribution in [3.8, 4) is 0 Å². The Hall–Kier alpha value is -2.14. The minimum absolute atomic E-state index is 0.0147. The molecule has 1 atom stereocenters. The highest BCUT2D eigenvalue weighted by Gasteiger charge is 2.18. The zero-order chi connectivity index (χ0) is 13.7. The van der Waals surface area contributed by atoms with Gasteiger partial charge in [-0.3, -0.25) is 4.79 Å². The van der Waals surface area contributed by atoms with E-state index in [0.717, 1.165) is 5.56 Å². The first-order chi connectivity index (χ1) is 9.19. The molecule has 0 amide bonds. The van der Waals surface area contributed by atoms with Gasteiger partial charge in [0, 0.05) is 12.3 Å². The van der Waals surface area contributed by atoms with Gasteiger partial charge in [0.2, 0.25) is 0 Å². The average molecular weight is 261 g/mol. The number of carboxylic acid groups (broad SMARTS) is 1. The molecule has 0 spiro atoms. The smallest absolute Gasteiger partial charge is 0.303 e. The summed E-state index contributed by atoms with van der Waals surface area (Å²) < 4.78 is 5.23. The van der Waals surface area contributed by atoms with Crippen molar-refractivity contribution in [1.82, 2.24) is 4.98 Å². The van der Waals surface area contributed by atoms with Gasteiger partial charge >= 0.3 is 5.97 Å². The van der Waals surface area contributed by atoms with Crippen molar-refractivity contribution in [3.05, 3.63) is 53.7 Å². The van der Waals surface area contributed by atoms with Gasteiger partial charge in [0.15, 0.2) is 5.89 Å². The average Bonchev–Trinajstić information content (AvgIpc) is 2.86. The molecule has 0 radical (unpaired) electrons. The van der Waals surface area contributed by atoms with Crippen LogP contribution in [0.15, 0.2) is 41.0 Å². The molecule has 0 aliphatic rings. The van der Waals surface area contributed by atoms with Gasteiger partial charge in [-0.05, 0) is 5.56 Å². The Labute approximate surface area is 110 Å². The van der Waals surface area contributed by atoms with Crippen molar-refractivity contribution in [2.45, 2.75) is 25.4 Å². The van der Waals surface area contributed by atoms with Crippen LogP contribution >= 0.6 is 0 Å². The van der Waals surface area contributed by atoms with Crippen molar-refractivity contribution in [3.63, 3.8) is 0 Å². The van der Waals surface area contributed by atoms with E-state index in [1.807, 2.05) is 30.3 Å². The molecule has 0 bridgehead atoms. The summed E-state index contributed by atoms with van der Waals surface area (Å²) in [5, 5.41) is 17.9. The molecular formula is C14H15NO4. The van der Waals surface area contributed by atoms with Crippen molar-refractivity contribution in [2.75, 3.05) is 0 Å². The maximum absolute atomic E-state index is 10.9. The monoisotopic (exact) mass is 261 g/mol. The lowest BCUT2D eigenvalue weighted by Gasteiger charge is -2.13. The summed E-state index contributed by atoms with van der Waals surface area (Å²) in [6.07, 6.45) is 1.80. The van der Waals surface area contributed by atoms with Crippen LogP contribution in [0.1, 0.15) is 29.5 Å². The zero-order valence-corrected chi connectivity index (χ0v) is 10.3. The minimum Gasteiger partial charge on any atom is -0.481 e. The molecule has 0 aliphatic heterocycles. The summed E-state index contributed by atoms with van der Waals surface area (Å²) in [5.41, 5.74) is 1.39. The number of oxazole rings is 1. The van der Waals surface area contributed by atoms with Crippen LogP contribution in [0.4, 0.5) is 0 Å². The number of rotatable bonds is 6.